The van der Waals surface area contributed by atoms with E-state index >= 15 is 0 Å². The lowest BCUT2D eigenvalue weighted by atomic mass is 10.2. The van der Waals surface area contributed by atoms with Crippen molar-refractivity contribution >= 4 is 12.2 Å². The highest BCUT2D eigenvalue weighted by Crippen LogP contribution is 2.01. The molecule has 1 rings (SSSR count). The Morgan fingerprint density at radius 3 is 2.71 bits per heavy atom. The van der Waals surface area contributed by atoms with Gasteiger partial charge < -0.3 is 10.4 Å². The van der Waals surface area contributed by atoms with E-state index in [4.69, 9.17) is 5.11 Å². The predicted molar refractivity (Wildman–Crippen MR) is 56.1 cm³/mol. The van der Waals surface area contributed by atoms with Gasteiger partial charge in [0.1, 0.15) is 0 Å². The maximum absolute atomic E-state index is 10.1. The summed E-state index contributed by atoms with van der Waals surface area (Å²) in [5.41, 5.74) is 1.13. The SMILES string of the molecule is O=C(O)NCCC=Cc1ccccc1. The van der Waals surface area contributed by atoms with Crippen molar-refractivity contribution in [1.82, 2.24) is 5.32 Å². The molecule has 0 aliphatic carbocycles. The minimum Gasteiger partial charge on any atom is -0.465 e. The molecule has 1 amide bonds. The summed E-state index contributed by atoms with van der Waals surface area (Å²) < 4.78 is 0. The monoisotopic (exact) mass is 191 g/mol. The zero-order valence-electron chi connectivity index (χ0n) is 7.81. The molecular weight excluding hydrogens is 178 g/mol. The van der Waals surface area contributed by atoms with Crippen LogP contribution in [0.4, 0.5) is 4.79 Å². The summed E-state index contributed by atoms with van der Waals surface area (Å²) in [6.07, 6.45) is 3.66. The van der Waals surface area contributed by atoms with Crippen molar-refractivity contribution in [2.24, 2.45) is 0 Å². The third kappa shape index (κ3) is 4.30. The molecule has 0 unspecified atom stereocenters. The van der Waals surface area contributed by atoms with E-state index in [0.29, 0.717) is 13.0 Å². The van der Waals surface area contributed by atoms with Crippen molar-refractivity contribution in [3.05, 3.63) is 42.0 Å². The normalized spacial score (nSPS) is 10.3. The van der Waals surface area contributed by atoms with Gasteiger partial charge in [0, 0.05) is 6.54 Å². The van der Waals surface area contributed by atoms with Crippen LogP contribution in [0.3, 0.4) is 0 Å². The molecule has 0 radical (unpaired) electrons. The summed E-state index contributed by atoms with van der Waals surface area (Å²) in [7, 11) is 0. The molecule has 3 nitrogen and oxygen atoms in total. The summed E-state index contributed by atoms with van der Waals surface area (Å²) >= 11 is 0. The molecule has 0 saturated heterocycles. The highest BCUT2D eigenvalue weighted by molar-refractivity contribution is 5.64. The number of rotatable bonds is 4. The van der Waals surface area contributed by atoms with Crippen molar-refractivity contribution in [3.8, 4) is 0 Å². The predicted octanol–water partition coefficient (Wildman–Crippen LogP) is 2.36. The molecule has 3 heteroatoms. The molecule has 0 bridgehead atoms. The average Bonchev–Trinajstić information content (AvgIpc) is 2.18. The fourth-order valence-electron chi connectivity index (χ4n) is 1.05. The molecule has 0 aliphatic rings. The largest absolute Gasteiger partial charge is 0.465 e. The number of carbonyl (C=O) groups is 1. The van der Waals surface area contributed by atoms with Crippen LogP contribution < -0.4 is 5.32 Å². The second-order valence-corrected chi connectivity index (χ2v) is 2.83. The second kappa shape index (κ2) is 5.80. The first-order valence-corrected chi connectivity index (χ1v) is 4.47. The molecule has 0 aliphatic heterocycles. The first-order chi connectivity index (χ1) is 6.79. The van der Waals surface area contributed by atoms with Crippen LogP contribution >= 0.6 is 0 Å². The van der Waals surface area contributed by atoms with Crippen molar-refractivity contribution in [1.29, 1.82) is 0 Å². The van der Waals surface area contributed by atoms with Gasteiger partial charge in [-0.25, -0.2) is 4.79 Å². The van der Waals surface area contributed by atoms with Gasteiger partial charge in [0.05, 0.1) is 0 Å². The van der Waals surface area contributed by atoms with Crippen molar-refractivity contribution in [3.63, 3.8) is 0 Å². The Kier molecular flexibility index (Phi) is 4.27. The Bertz CT molecular complexity index is 306. The lowest BCUT2D eigenvalue weighted by Crippen LogP contribution is -2.21. The van der Waals surface area contributed by atoms with Gasteiger partial charge in [-0.1, -0.05) is 42.5 Å². The molecule has 0 fully saturated rings. The zero-order chi connectivity index (χ0) is 10.2. The Labute approximate surface area is 83.1 Å². The van der Waals surface area contributed by atoms with Gasteiger partial charge in [-0.3, -0.25) is 0 Å². The number of nitrogens with one attached hydrogen (secondary N) is 1. The van der Waals surface area contributed by atoms with E-state index in [1.54, 1.807) is 0 Å². The van der Waals surface area contributed by atoms with E-state index in [1.807, 2.05) is 42.5 Å². The molecule has 0 aromatic heterocycles. The maximum atomic E-state index is 10.1. The van der Waals surface area contributed by atoms with Crippen LogP contribution in [-0.4, -0.2) is 17.7 Å². The topological polar surface area (TPSA) is 49.3 Å². The summed E-state index contributed by atoms with van der Waals surface area (Å²) in [5, 5.41) is 10.6. The fourth-order valence-corrected chi connectivity index (χ4v) is 1.05. The van der Waals surface area contributed by atoms with Crippen LogP contribution in [0, 0.1) is 0 Å². The van der Waals surface area contributed by atoms with E-state index in [9.17, 15) is 4.79 Å². The number of amides is 1. The minimum absolute atomic E-state index is 0.457. The molecule has 0 atom stereocenters. The number of hydrogen-bond acceptors (Lipinski definition) is 1. The van der Waals surface area contributed by atoms with Crippen LogP contribution in [0.1, 0.15) is 12.0 Å². The lowest BCUT2D eigenvalue weighted by Gasteiger charge is -1.95. The molecule has 0 spiro atoms. The summed E-state index contributed by atoms with van der Waals surface area (Å²) in [6.45, 7) is 0.457. The van der Waals surface area contributed by atoms with Crippen LogP contribution in [0.5, 0.6) is 0 Å². The number of carboxylic acid groups (broad SMARTS) is 1. The third-order valence-electron chi connectivity index (χ3n) is 1.70. The van der Waals surface area contributed by atoms with Crippen LogP contribution in [-0.2, 0) is 0 Å². The van der Waals surface area contributed by atoms with Gasteiger partial charge in [0.15, 0.2) is 0 Å². The highest BCUT2D eigenvalue weighted by Gasteiger charge is 1.89. The van der Waals surface area contributed by atoms with Gasteiger partial charge in [-0.05, 0) is 12.0 Å². The summed E-state index contributed by atoms with van der Waals surface area (Å²) in [6, 6.07) is 9.90. The van der Waals surface area contributed by atoms with Crippen LogP contribution in [0.15, 0.2) is 36.4 Å². The molecule has 0 saturated carbocycles. The second-order valence-electron chi connectivity index (χ2n) is 2.83. The Balaban J connectivity index is 2.25. The minimum atomic E-state index is -0.974. The van der Waals surface area contributed by atoms with E-state index in [1.165, 1.54) is 0 Å². The Morgan fingerprint density at radius 1 is 1.36 bits per heavy atom. The highest BCUT2D eigenvalue weighted by atomic mass is 16.4. The average molecular weight is 191 g/mol. The van der Waals surface area contributed by atoms with Gasteiger partial charge in [-0.2, -0.15) is 0 Å². The van der Waals surface area contributed by atoms with Gasteiger partial charge in [-0.15, -0.1) is 0 Å². The quantitative estimate of drug-likeness (QED) is 0.718. The first-order valence-electron chi connectivity index (χ1n) is 4.47. The summed E-state index contributed by atoms with van der Waals surface area (Å²) in [5.74, 6) is 0. The Morgan fingerprint density at radius 2 is 2.07 bits per heavy atom. The van der Waals surface area contributed by atoms with Crippen molar-refractivity contribution in [2.75, 3.05) is 6.54 Å². The van der Waals surface area contributed by atoms with E-state index < -0.39 is 6.09 Å². The molecule has 1 aromatic rings. The van der Waals surface area contributed by atoms with E-state index in [2.05, 4.69) is 5.32 Å². The smallest absolute Gasteiger partial charge is 0.404 e. The number of hydrogen-bond donors (Lipinski definition) is 2. The maximum Gasteiger partial charge on any atom is 0.404 e. The van der Waals surface area contributed by atoms with Gasteiger partial charge in [0.2, 0.25) is 0 Å². The van der Waals surface area contributed by atoms with Crippen molar-refractivity contribution < 1.29 is 9.90 Å². The van der Waals surface area contributed by atoms with Crippen molar-refractivity contribution in [2.45, 2.75) is 6.42 Å². The zero-order valence-corrected chi connectivity index (χ0v) is 7.81. The molecule has 0 heterocycles. The van der Waals surface area contributed by atoms with E-state index in [0.717, 1.165) is 5.56 Å². The molecule has 1 aromatic carbocycles. The molecular formula is C11H13NO2. The molecule has 2 N–H and O–H groups in total. The standard InChI is InChI=1S/C11H13NO2/c13-11(14)12-9-5-4-8-10-6-2-1-3-7-10/h1-4,6-8,12H,5,9H2,(H,13,14). The molecule has 74 valence electrons. The third-order valence-corrected chi connectivity index (χ3v) is 1.70. The Hall–Kier alpha value is -1.77. The lowest BCUT2D eigenvalue weighted by molar-refractivity contribution is 0.194. The van der Waals surface area contributed by atoms with Gasteiger partial charge >= 0.3 is 6.09 Å². The summed E-state index contributed by atoms with van der Waals surface area (Å²) in [4.78, 5) is 10.1. The first kappa shape index (κ1) is 10.3. The van der Waals surface area contributed by atoms with Crippen LogP contribution in [0.2, 0.25) is 0 Å². The van der Waals surface area contributed by atoms with E-state index in [-0.39, 0.29) is 0 Å². The van der Waals surface area contributed by atoms with Crippen LogP contribution in [0.25, 0.3) is 6.08 Å². The van der Waals surface area contributed by atoms with Gasteiger partial charge in [0.25, 0.3) is 0 Å². The number of benzene rings is 1. The molecule has 14 heavy (non-hydrogen) atoms. The fraction of sp³-hybridized carbons (Fsp3) is 0.182.